The van der Waals surface area contributed by atoms with Crippen molar-refractivity contribution in [3.8, 4) is 0 Å². The fourth-order valence-electron chi connectivity index (χ4n) is 3.36. The van der Waals surface area contributed by atoms with E-state index < -0.39 is 0 Å². The molecule has 2 fully saturated rings. The van der Waals surface area contributed by atoms with Crippen molar-refractivity contribution >= 4 is 5.91 Å². The molecule has 2 heterocycles. The zero-order chi connectivity index (χ0) is 15.4. The Hall–Kier alpha value is -1.42. The van der Waals surface area contributed by atoms with Crippen LogP contribution in [0.1, 0.15) is 43.1 Å². The highest BCUT2D eigenvalue weighted by molar-refractivity contribution is 5.95. The largest absolute Gasteiger partial charge is 0.330 e. The third-order valence-electron chi connectivity index (χ3n) is 4.80. The minimum absolute atomic E-state index is 0.0243. The molecule has 2 saturated heterocycles. The van der Waals surface area contributed by atoms with E-state index in [9.17, 15) is 9.18 Å². The second kappa shape index (κ2) is 4.80. The Morgan fingerprint density at radius 3 is 2.38 bits per heavy atom. The van der Waals surface area contributed by atoms with E-state index in [-0.39, 0.29) is 29.3 Å². The van der Waals surface area contributed by atoms with Crippen LogP contribution in [0.15, 0.2) is 18.2 Å². The number of rotatable bonds is 1. The van der Waals surface area contributed by atoms with Gasteiger partial charge in [0.05, 0.1) is 0 Å². The number of piperazine rings is 1. The highest BCUT2D eigenvalue weighted by Gasteiger charge is 2.49. The second-order valence-corrected chi connectivity index (χ2v) is 7.30. The molecule has 2 aliphatic rings. The lowest BCUT2D eigenvalue weighted by molar-refractivity contribution is -0.0737. The molecule has 3 rings (SSSR count). The van der Waals surface area contributed by atoms with Crippen LogP contribution in [0.2, 0.25) is 0 Å². The molecule has 1 aromatic rings. The summed E-state index contributed by atoms with van der Waals surface area (Å²) in [6, 6.07) is 5.34. The van der Waals surface area contributed by atoms with Crippen LogP contribution in [0, 0.1) is 12.7 Å². The molecule has 4 heteroatoms. The van der Waals surface area contributed by atoms with Gasteiger partial charge in [-0.15, -0.1) is 0 Å². The third-order valence-corrected chi connectivity index (χ3v) is 4.80. The van der Waals surface area contributed by atoms with Crippen molar-refractivity contribution in [2.24, 2.45) is 0 Å². The summed E-state index contributed by atoms with van der Waals surface area (Å²) in [6.45, 7) is 10.2. The van der Waals surface area contributed by atoms with Gasteiger partial charge in [-0.25, -0.2) is 4.39 Å². The van der Waals surface area contributed by atoms with E-state index in [4.69, 9.17) is 0 Å². The van der Waals surface area contributed by atoms with Gasteiger partial charge in [0.25, 0.3) is 5.91 Å². The molecule has 0 aromatic heterocycles. The van der Waals surface area contributed by atoms with Gasteiger partial charge in [0, 0.05) is 36.3 Å². The Bertz CT molecular complexity index is 567. The standard InChI is InChI=1S/C17H23FN2O/c1-11-5-6-12(7-15(11)18)16(21)20-13-8-14(20)10-19(9-13)17(2,3)4/h5-7,13-14H,8-10H2,1-4H3. The van der Waals surface area contributed by atoms with Gasteiger partial charge in [-0.2, -0.15) is 0 Å². The van der Waals surface area contributed by atoms with Gasteiger partial charge in [0.1, 0.15) is 5.82 Å². The molecule has 0 saturated carbocycles. The number of nitrogens with zero attached hydrogens (tertiary/aromatic N) is 2. The number of fused-ring (bicyclic) bond motifs is 2. The topological polar surface area (TPSA) is 23.6 Å². The van der Waals surface area contributed by atoms with Gasteiger partial charge < -0.3 is 4.90 Å². The molecule has 0 spiro atoms. The van der Waals surface area contributed by atoms with Crippen molar-refractivity contribution in [1.82, 2.24) is 9.80 Å². The number of carbonyl (C=O) groups excluding carboxylic acids is 1. The van der Waals surface area contributed by atoms with Gasteiger partial charge in [-0.3, -0.25) is 9.69 Å². The van der Waals surface area contributed by atoms with Gasteiger partial charge in [-0.1, -0.05) is 6.07 Å². The van der Waals surface area contributed by atoms with Crippen LogP contribution < -0.4 is 0 Å². The normalized spacial score (nSPS) is 25.7. The first kappa shape index (κ1) is 14.5. The third kappa shape index (κ3) is 2.46. The van der Waals surface area contributed by atoms with Crippen molar-refractivity contribution in [2.45, 2.75) is 51.7 Å². The minimum Gasteiger partial charge on any atom is -0.330 e. The maximum absolute atomic E-state index is 13.7. The van der Waals surface area contributed by atoms with Crippen molar-refractivity contribution in [3.63, 3.8) is 0 Å². The number of halogens is 1. The monoisotopic (exact) mass is 290 g/mol. The van der Waals surface area contributed by atoms with E-state index in [1.54, 1.807) is 19.1 Å². The van der Waals surface area contributed by atoms with E-state index in [0.717, 1.165) is 19.5 Å². The van der Waals surface area contributed by atoms with Crippen LogP contribution in [0.3, 0.4) is 0 Å². The summed E-state index contributed by atoms with van der Waals surface area (Å²) in [5.74, 6) is -0.327. The summed E-state index contributed by atoms with van der Waals surface area (Å²) in [4.78, 5) is 17.0. The Balaban J connectivity index is 1.75. The van der Waals surface area contributed by atoms with Gasteiger partial charge in [0.2, 0.25) is 0 Å². The maximum Gasteiger partial charge on any atom is 0.254 e. The van der Waals surface area contributed by atoms with Crippen LogP contribution in [0.5, 0.6) is 0 Å². The summed E-state index contributed by atoms with van der Waals surface area (Å²) in [6.07, 6.45) is 1.08. The molecule has 2 unspecified atom stereocenters. The predicted molar refractivity (Wildman–Crippen MR) is 80.8 cm³/mol. The summed E-state index contributed by atoms with van der Waals surface area (Å²) < 4.78 is 13.7. The predicted octanol–water partition coefficient (Wildman–Crippen LogP) is 2.83. The van der Waals surface area contributed by atoms with E-state index in [1.807, 2.05) is 4.90 Å². The van der Waals surface area contributed by atoms with Crippen LogP contribution in [-0.4, -0.2) is 46.4 Å². The maximum atomic E-state index is 13.7. The number of benzene rings is 1. The summed E-state index contributed by atoms with van der Waals surface area (Å²) in [5, 5.41) is 0. The molecule has 1 aromatic carbocycles. The summed E-state index contributed by atoms with van der Waals surface area (Å²) in [5.41, 5.74) is 1.19. The number of carbonyl (C=O) groups is 1. The summed E-state index contributed by atoms with van der Waals surface area (Å²) in [7, 11) is 0. The lowest BCUT2D eigenvalue weighted by Gasteiger charge is -2.59. The number of hydrogen-bond donors (Lipinski definition) is 0. The van der Waals surface area contributed by atoms with E-state index in [2.05, 4.69) is 25.7 Å². The highest BCUT2D eigenvalue weighted by atomic mass is 19.1. The van der Waals surface area contributed by atoms with Crippen molar-refractivity contribution < 1.29 is 9.18 Å². The van der Waals surface area contributed by atoms with Crippen LogP contribution in [0.25, 0.3) is 0 Å². The molecule has 0 N–H and O–H groups in total. The molecular weight excluding hydrogens is 267 g/mol. The lowest BCUT2D eigenvalue weighted by Crippen LogP contribution is -2.72. The summed E-state index contributed by atoms with van der Waals surface area (Å²) >= 11 is 0. The number of hydrogen-bond acceptors (Lipinski definition) is 2. The molecule has 2 atom stereocenters. The smallest absolute Gasteiger partial charge is 0.254 e. The molecular formula is C17H23FN2O. The number of piperidine rings is 1. The van der Waals surface area contributed by atoms with Crippen LogP contribution in [-0.2, 0) is 0 Å². The van der Waals surface area contributed by atoms with Crippen molar-refractivity contribution in [2.75, 3.05) is 13.1 Å². The first-order valence-electron chi connectivity index (χ1n) is 7.61. The van der Waals surface area contributed by atoms with Crippen LogP contribution >= 0.6 is 0 Å². The first-order valence-corrected chi connectivity index (χ1v) is 7.61. The molecule has 2 aliphatic heterocycles. The average Bonchev–Trinajstić information content (AvgIpc) is 2.41. The number of amides is 1. The molecule has 21 heavy (non-hydrogen) atoms. The quantitative estimate of drug-likeness (QED) is 0.794. The molecule has 114 valence electrons. The van der Waals surface area contributed by atoms with Crippen molar-refractivity contribution in [1.29, 1.82) is 0 Å². The zero-order valence-electron chi connectivity index (χ0n) is 13.2. The molecule has 0 aliphatic carbocycles. The molecule has 1 amide bonds. The van der Waals surface area contributed by atoms with E-state index >= 15 is 0 Å². The van der Waals surface area contributed by atoms with Crippen LogP contribution in [0.4, 0.5) is 4.39 Å². The fraction of sp³-hybridized carbons (Fsp3) is 0.588. The lowest BCUT2D eigenvalue weighted by atomic mass is 9.84. The second-order valence-electron chi connectivity index (χ2n) is 7.30. The molecule has 0 radical (unpaired) electrons. The van der Waals surface area contributed by atoms with E-state index in [0.29, 0.717) is 11.1 Å². The number of aryl methyl sites for hydroxylation is 1. The van der Waals surface area contributed by atoms with Gasteiger partial charge in [-0.05, 0) is 51.8 Å². The average molecular weight is 290 g/mol. The Kier molecular flexibility index (Phi) is 3.32. The first-order chi connectivity index (χ1) is 9.77. The van der Waals surface area contributed by atoms with Gasteiger partial charge >= 0.3 is 0 Å². The number of likely N-dealkylation sites (tertiary alicyclic amines) is 2. The fourth-order valence-corrected chi connectivity index (χ4v) is 3.36. The minimum atomic E-state index is -0.303. The SMILES string of the molecule is Cc1ccc(C(=O)N2C3CC2CN(C(C)(C)C)C3)cc1F. The Morgan fingerprint density at radius 1 is 1.24 bits per heavy atom. The van der Waals surface area contributed by atoms with Gasteiger partial charge in [0.15, 0.2) is 0 Å². The van der Waals surface area contributed by atoms with E-state index in [1.165, 1.54) is 6.07 Å². The zero-order valence-corrected chi connectivity index (χ0v) is 13.2. The molecule has 3 nitrogen and oxygen atoms in total. The molecule has 2 bridgehead atoms. The highest BCUT2D eigenvalue weighted by Crippen LogP contribution is 2.36. The van der Waals surface area contributed by atoms with Crippen molar-refractivity contribution in [3.05, 3.63) is 35.1 Å². The Morgan fingerprint density at radius 2 is 1.86 bits per heavy atom. The Labute approximate surface area is 125 Å².